The third kappa shape index (κ3) is 5.30. The van der Waals surface area contributed by atoms with Gasteiger partial charge >= 0.3 is 5.97 Å². The minimum Gasteiger partial charge on any atom is -0.506 e. The summed E-state index contributed by atoms with van der Waals surface area (Å²) >= 11 is 12.0. The number of anilines is 1. The second-order valence-corrected chi connectivity index (χ2v) is 7.79. The minimum absolute atomic E-state index is 0.138. The molecular weight excluding hydrogens is 489 g/mol. The van der Waals surface area contributed by atoms with Crippen LogP contribution in [0.15, 0.2) is 53.3 Å². The average Bonchev–Trinajstić information content (AvgIpc) is 2.77. The molecule has 0 radical (unpaired) electrons. The molecular formula is C22H17Cl2N3O7. The number of aromatic nitrogens is 1. The van der Waals surface area contributed by atoms with E-state index in [4.69, 9.17) is 28.3 Å². The maximum Gasteiger partial charge on any atom is 0.322 e. The van der Waals surface area contributed by atoms with E-state index in [1.54, 1.807) is 18.2 Å². The van der Waals surface area contributed by atoms with Gasteiger partial charge in [0.1, 0.15) is 17.7 Å². The number of carboxylic acid groups (broad SMARTS) is 1. The molecule has 176 valence electrons. The van der Waals surface area contributed by atoms with Crippen LogP contribution in [0.5, 0.6) is 11.6 Å². The summed E-state index contributed by atoms with van der Waals surface area (Å²) in [5, 5.41) is 35.0. The number of para-hydroxylation sites is 1. The number of carbonyl (C=O) groups is 3. The van der Waals surface area contributed by atoms with Gasteiger partial charge in [0.15, 0.2) is 5.75 Å². The molecule has 0 saturated carbocycles. The van der Waals surface area contributed by atoms with E-state index in [1.165, 1.54) is 30.3 Å². The van der Waals surface area contributed by atoms with Crippen molar-refractivity contribution in [1.82, 2.24) is 9.88 Å². The third-order valence-electron chi connectivity index (χ3n) is 4.64. The van der Waals surface area contributed by atoms with Crippen LogP contribution in [0.3, 0.4) is 0 Å². The van der Waals surface area contributed by atoms with E-state index >= 15 is 0 Å². The summed E-state index contributed by atoms with van der Waals surface area (Å²) in [6.45, 7) is -1.24. The maximum atomic E-state index is 13.2. The molecule has 0 atom stereocenters. The fourth-order valence-corrected chi connectivity index (χ4v) is 3.51. The van der Waals surface area contributed by atoms with Crippen molar-refractivity contribution in [2.45, 2.75) is 6.54 Å². The van der Waals surface area contributed by atoms with Gasteiger partial charge in [-0.05, 0) is 29.8 Å². The number of hydrogen-bond donors (Lipinski definition) is 5. The van der Waals surface area contributed by atoms with E-state index < -0.39 is 59.2 Å². The molecule has 0 aliphatic heterocycles. The standard InChI is InChI=1S/C22H17Cl2N3O7/c23-12-7-6-11(14(24)8-12)10-27-21(33)16(19(31)25-9-15(28)29)18(30)17(22(27)34)20(32)26-13-4-2-1-3-5-13/h1-8,30,33H,9-10H2,(H,25,31)(H,26,32)(H,28,29). The zero-order chi connectivity index (χ0) is 25.0. The van der Waals surface area contributed by atoms with E-state index in [0.29, 0.717) is 20.8 Å². The van der Waals surface area contributed by atoms with E-state index in [9.17, 15) is 29.4 Å². The van der Waals surface area contributed by atoms with E-state index in [0.717, 1.165) is 0 Å². The largest absolute Gasteiger partial charge is 0.506 e. The van der Waals surface area contributed by atoms with Crippen LogP contribution in [0.2, 0.25) is 10.0 Å². The number of hydrogen-bond acceptors (Lipinski definition) is 6. The molecule has 0 bridgehead atoms. The number of aromatic hydroxyl groups is 2. The van der Waals surface area contributed by atoms with Gasteiger partial charge in [0.2, 0.25) is 5.88 Å². The molecule has 0 aliphatic rings. The SMILES string of the molecule is O=C(O)CNC(=O)c1c(O)c(C(=O)Nc2ccccc2)c(=O)n(Cc2ccc(Cl)cc2Cl)c1O. The topological polar surface area (TPSA) is 158 Å². The smallest absolute Gasteiger partial charge is 0.322 e. The fourth-order valence-electron chi connectivity index (χ4n) is 3.04. The molecule has 0 saturated heterocycles. The van der Waals surface area contributed by atoms with Crippen LogP contribution in [0.1, 0.15) is 26.3 Å². The van der Waals surface area contributed by atoms with Gasteiger partial charge in [-0.1, -0.05) is 47.5 Å². The fraction of sp³-hybridized carbons (Fsp3) is 0.0909. The Hall–Kier alpha value is -4.02. The second-order valence-electron chi connectivity index (χ2n) is 6.95. The minimum atomic E-state index is -1.39. The molecule has 2 amide bonds. The van der Waals surface area contributed by atoms with E-state index in [-0.39, 0.29) is 5.02 Å². The third-order valence-corrected chi connectivity index (χ3v) is 5.23. The number of carbonyl (C=O) groups excluding carboxylic acids is 2. The molecule has 0 unspecified atom stereocenters. The predicted molar refractivity (Wildman–Crippen MR) is 124 cm³/mol. The van der Waals surface area contributed by atoms with Crippen molar-refractivity contribution in [3.63, 3.8) is 0 Å². The van der Waals surface area contributed by atoms with Crippen LogP contribution in [-0.2, 0) is 11.3 Å². The first kappa shape index (κ1) is 24.6. The molecule has 0 spiro atoms. The van der Waals surface area contributed by atoms with Gasteiger partial charge in [0.25, 0.3) is 17.4 Å². The van der Waals surface area contributed by atoms with Gasteiger partial charge < -0.3 is 26.0 Å². The molecule has 3 rings (SSSR count). The van der Waals surface area contributed by atoms with E-state index in [2.05, 4.69) is 5.32 Å². The Kier molecular flexibility index (Phi) is 7.44. The lowest BCUT2D eigenvalue weighted by Gasteiger charge is -2.17. The van der Waals surface area contributed by atoms with Crippen LogP contribution < -0.4 is 16.2 Å². The predicted octanol–water partition coefficient (Wildman–Crippen LogP) is 2.68. The van der Waals surface area contributed by atoms with Gasteiger partial charge in [-0.25, -0.2) is 0 Å². The van der Waals surface area contributed by atoms with Crippen molar-refractivity contribution in [3.05, 3.63) is 85.6 Å². The van der Waals surface area contributed by atoms with E-state index in [1.807, 2.05) is 5.32 Å². The number of carboxylic acids is 1. The van der Waals surface area contributed by atoms with Crippen molar-refractivity contribution in [2.75, 3.05) is 11.9 Å². The number of rotatable bonds is 7. The van der Waals surface area contributed by atoms with Gasteiger partial charge in [-0.3, -0.25) is 23.7 Å². The lowest BCUT2D eigenvalue weighted by molar-refractivity contribution is -0.135. The van der Waals surface area contributed by atoms with Crippen molar-refractivity contribution < 1.29 is 29.7 Å². The monoisotopic (exact) mass is 505 g/mol. The van der Waals surface area contributed by atoms with Crippen molar-refractivity contribution >= 4 is 46.7 Å². The molecule has 5 N–H and O–H groups in total. The second kappa shape index (κ2) is 10.3. The molecule has 12 heteroatoms. The first-order valence-corrected chi connectivity index (χ1v) is 10.3. The Morgan fingerprint density at radius 2 is 1.62 bits per heavy atom. The number of amides is 2. The first-order chi connectivity index (χ1) is 16.1. The maximum absolute atomic E-state index is 13.2. The number of benzene rings is 2. The summed E-state index contributed by atoms with van der Waals surface area (Å²) in [4.78, 5) is 49.4. The van der Waals surface area contributed by atoms with Gasteiger partial charge in [0, 0.05) is 15.7 Å². The average molecular weight is 506 g/mol. The number of pyridine rings is 1. The molecule has 3 aromatic rings. The van der Waals surface area contributed by atoms with Gasteiger partial charge in [-0.2, -0.15) is 0 Å². The summed E-state index contributed by atoms with van der Waals surface area (Å²) in [6, 6.07) is 12.3. The Bertz CT molecular complexity index is 1340. The van der Waals surface area contributed by atoms with Crippen LogP contribution in [0, 0.1) is 0 Å². The number of nitrogens with zero attached hydrogens (tertiary/aromatic N) is 1. The summed E-state index contributed by atoms with van der Waals surface area (Å²) < 4.78 is 0.657. The zero-order valence-corrected chi connectivity index (χ0v) is 18.7. The number of nitrogens with one attached hydrogen (secondary N) is 2. The Labute approximate surface area is 202 Å². The highest BCUT2D eigenvalue weighted by atomic mass is 35.5. The Morgan fingerprint density at radius 3 is 2.24 bits per heavy atom. The van der Waals surface area contributed by atoms with Crippen LogP contribution in [-0.4, -0.2) is 44.2 Å². The highest BCUT2D eigenvalue weighted by Crippen LogP contribution is 2.30. The summed E-state index contributed by atoms with van der Waals surface area (Å²) in [5.74, 6) is -5.78. The summed E-state index contributed by atoms with van der Waals surface area (Å²) in [5.41, 5.74) is -2.22. The molecule has 0 aliphatic carbocycles. The lowest BCUT2D eigenvalue weighted by atomic mass is 10.1. The lowest BCUT2D eigenvalue weighted by Crippen LogP contribution is -2.34. The van der Waals surface area contributed by atoms with Crippen LogP contribution in [0.25, 0.3) is 0 Å². The normalized spacial score (nSPS) is 10.5. The molecule has 1 heterocycles. The molecule has 34 heavy (non-hydrogen) atoms. The molecule has 0 fully saturated rings. The van der Waals surface area contributed by atoms with Crippen molar-refractivity contribution in [3.8, 4) is 11.6 Å². The summed E-state index contributed by atoms with van der Waals surface area (Å²) in [7, 11) is 0. The quantitative estimate of drug-likeness (QED) is 0.330. The molecule has 2 aromatic carbocycles. The molecule has 10 nitrogen and oxygen atoms in total. The van der Waals surface area contributed by atoms with Crippen molar-refractivity contribution in [1.29, 1.82) is 0 Å². The highest BCUT2D eigenvalue weighted by molar-refractivity contribution is 6.35. The Balaban J connectivity index is 2.17. The highest BCUT2D eigenvalue weighted by Gasteiger charge is 2.30. The van der Waals surface area contributed by atoms with Gasteiger partial charge in [-0.15, -0.1) is 0 Å². The summed E-state index contributed by atoms with van der Waals surface area (Å²) in [6.07, 6.45) is 0. The number of halogens is 2. The number of aliphatic carboxylic acids is 1. The van der Waals surface area contributed by atoms with Crippen molar-refractivity contribution in [2.24, 2.45) is 0 Å². The zero-order valence-electron chi connectivity index (χ0n) is 17.2. The molecule has 1 aromatic heterocycles. The van der Waals surface area contributed by atoms with Crippen LogP contribution in [0.4, 0.5) is 5.69 Å². The van der Waals surface area contributed by atoms with Gasteiger partial charge in [0.05, 0.1) is 6.54 Å². The first-order valence-electron chi connectivity index (χ1n) is 9.59. The van der Waals surface area contributed by atoms with Crippen LogP contribution >= 0.6 is 23.2 Å². The Morgan fingerprint density at radius 1 is 0.941 bits per heavy atom.